The summed E-state index contributed by atoms with van der Waals surface area (Å²) in [6, 6.07) is 9.59. The number of likely N-dealkylation sites (N-methyl/N-ethyl adjacent to an activating group) is 1. The molecule has 254 valence electrons. The van der Waals surface area contributed by atoms with Crippen LogP contribution in [0.5, 0.6) is 17.2 Å². The highest BCUT2D eigenvalue weighted by Crippen LogP contribution is 2.46. The number of methoxy groups -OCH3 is 3. The number of pyridine rings is 2. The summed E-state index contributed by atoms with van der Waals surface area (Å²) in [6.07, 6.45) is 2.94. The Morgan fingerprint density at radius 3 is 2.10 bits per heavy atom. The van der Waals surface area contributed by atoms with Crippen LogP contribution in [0.2, 0.25) is 10.0 Å². The number of benzene rings is 2. The Labute approximate surface area is 290 Å². The highest BCUT2D eigenvalue weighted by Gasteiger charge is 2.31. The standard InChI is InChI=1S/C36H41Cl2N5O5/c1-9-32(44)40-26-13-23(29(46-6)15-28(26)41-18-20(4)42(10-2)21(5)19-41)25-14-27-22(17-39-25)12-24(36(45)43(27)11-3)33-34(37)30(47-7)16-31(48-8)35(33)38/h9,12-17,20-21H,1,10-11,18-19H2,2-8H3,(H,40,44)/t20-,21+. The minimum atomic E-state index is -0.328. The quantitative estimate of drug-likeness (QED) is 0.175. The van der Waals surface area contributed by atoms with Gasteiger partial charge in [-0.25, -0.2) is 0 Å². The maximum atomic E-state index is 14.1. The maximum Gasteiger partial charge on any atom is 0.259 e. The summed E-state index contributed by atoms with van der Waals surface area (Å²) in [7, 11) is 4.57. The molecular weight excluding hydrogens is 653 g/mol. The third-order valence-electron chi connectivity index (χ3n) is 8.98. The molecule has 0 bridgehead atoms. The Balaban J connectivity index is 1.68. The molecule has 1 N–H and O–H groups in total. The van der Waals surface area contributed by atoms with Crippen LogP contribution in [-0.4, -0.2) is 73.4 Å². The number of carbonyl (C=O) groups excluding carboxylic acids is 1. The first-order chi connectivity index (χ1) is 23.0. The number of hydrogen-bond acceptors (Lipinski definition) is 8. The fraction of sp³-hybridized carbons (Fsp3) is 0.361. The number of hydrogen-bond donors (Lipinski definition) is 1. The van der Waals surface area contributed by atoms with Crippen molar-refractivity contribution in [3.8, 4) is 39.6 Å². The molecule has 1 fully saturated rings. The van der Waals surface area contributed by atoms with Gasteiger partial charge in [0.2, 0.25) is 5.91 Å². The molecule has 10 nitrogen and oxygen atoms in total. The first-order valence-corrected chi connectivity index (χ1v) is 16.6. The Bertz CT molecular complexity index is 1900. The van der Waals surface area contributed by atoms with E-state index in [1.54, 1.807) is 30.0 Å². The SMILES string of the molecule is C=CC(=O)Nc1cc(-c2cc3c(cn2)cc(-c2c(Cl)c(OC)cc(OC)c2Cl)c(=O)n3CC)c(OC)cc1N1C[C@@H](C)N(CC)[C@@H](C)C1. The van der Waals surface area contributed by atoms with Crippen molar-refractivity contribution in [1.82, 2.24) is 14.5 Å². The van der Waals surface area contributed by atoms with Crippen molar-refractivity contribution in [3.63, 3.8) is 0 Å². The number of anilines is 2. The van der Waals surface area contributed by atoms with E-state index in [1.165, 1.54) is 20.3 Å². The molecule has 2 aromatic carbocycles. The Morgan fingerprint density at radius 2 is 1.56 bits per heavy atom. The lowest BCUT2D eigenvalue weighted by Crippen LogP contribution is -2.56. The molecule has 1 amide bonds. The number of piperazine rings is 1. The summed E-state index contributed by atoms with van der Waals surface area (Å²) in [5, 5.41) is 4.09. The molecule has 1 aliphatic heterocycles. The van der Waals surface area contributed by atoms with E-state index in [9.17, 15) is 9.59 Å². The molecule has 5 rings (SSSR count). The van der Waals surface area contributed by atoms with Gasteiger partial charge in [0.05, 0.1) is 59.5 Å². The molecule has 1 saturated heterocycles. The molecule has 0 saturated carbocycles. The second-order valence-electron chi connectivity index (χ2n) is 11.7. The largest absolute Gasteiger partial charge is 0.496 e. The van der Waals surface area contributed by atoms with Crippen LogP contribution < -0.4 is 30.0 Å². The van der Waals surface area contributed by atoms with Gasteiger partial charge in [-0.2, -0.15) is 0 Å². The van der Waals surface area contributed by atoms with E-state index in [0.717, 1.165) is 25.3 Å². The predicted octanol–water partition coefficient (Wildman–Crippen LogP) is 7.13. The van der Waals surface area contributed by atoms with E-state index in [1.807, 2.05) is 25.1 Å². The minimum Gasteiger partial charge on any atom is -0.496 e. The summed E-state index contributed by atoms with van der Waals surface area (Å²) in [5.41, 5.74) is 3.63. The molecule has 0 unspecified atom stereocenters. The predicted molar refractivity (Wildman–Crippen MR) is 195 cm³/mol. The average Bonchev–Trinajstić information content (AvgIpc) is 3.08. The number of aromatic nitrogens is 2. The third kappa shape index (κ3) is 6.32. The fourth-order valence-corrected chi connectivity index (χ4v) is 7.40. The summed E-state index contributed by atoms with van der Waals surface area (Å²) in [4.78, 5) is 36.3. The van der Waals surface area contributed by atoms with Crippen molar-refractivity contribution in [1.29, 1.82) is 0 Å². The van der Waals surface area contributed by atoms with Crippen LogP contribution in [0.25, 0.3) is 33.3 Å². The number of rotatable bonds is 10. The van der Waals surface area contributed by atoms with Gasteiger partial charge in [-0.05, 0) is 51.6 Å². The number of nitrogens with zero attached hydrogens (tertiary/aromatic N) is 4. The Hall–Kier alpha value is -4.25. The normalized spacial score (nSPS) is 16.6. The Kier molecular flexibility index (Phi) is 10.6. The van der Waals surface area contributed by atoms with Crippen molar-refractivity contribution in [2.45, 2.75) is 46.3 Å². The van der Waals surface area contributed by atoms with E-state index >= 15 is 0 Å². The summed E-state index contributed by atoms with van der Waals surface area (Å²) >= 11 is 13.4. The molecular formula is C36H41Cl2N5O5. The van der Waals surface area contributed by atoms with Crippen molar-refractivity contribution in [2.24, 2.45) is 0 Å². The molecule has 0 aliphatic carbocycles. The van der Waals surface area contributed by atoms with Crippen LogP contribution in [-0.2, 0) is 11.3 Å². The number of aryl methyl sites for hydroxylation is 1. The van der Waals surface area contributed by atoms with Crippen LogP contribution in [0.1, 0.15) is 27.7 Å². The average molecular weight is 695 g/mol. The van der Waals surface area contributed by atoms with Crippen molar-refractivity contribution in [3.05, 3.63) is 69.6 Å². The second kappa shape index (κ2) is 14.5. The van der Waals surface area contributed by atoms with E-state index in [2.05, 4.69) is 42.5 Å². The molecule has 3 heterocycles. The van der Waals surface area contributed by atoms with Gasteiger partial charge in [-0.3, -0.25) is 19.5 Å². The maximum absolute atomic E-state index is 14.1. The van der Waals surface area contributed by atoms with Gasteiger partial charge in [0.25, 0.3) is 5.56 Å². The number of ether oxygens (including phenoxy) is 3. The Morgan fingerprint density at radius 1 is 0.938 bits per heavy atom. The van der Waals surface area contributed by atoms with Gasteiger partial charge in [0.1, 0.15) is 17.2 Å². The van der Waals surface area contributed by atoms with Gasteiger partial charge in [-0.15, -0.1) is 0 Å². The molecule has 12 heteroatoms. The highest BCUT2D eigenvalue weighted by atomic mass is 35.5. The van der Waals surface area contributed by atoms with Gasteiger partial charge in [0, 0.05) is 66.6 Å². The van der Waals surface area contributed by atoms with Crippen LogP contribution in [0.4, 0.5) is 11.4 Å². The summed E-state index contributed by atoms with van der Waals surface area (Å²) in [6.45, 7) is 15.0. The zero-order chi connectivity index (χ0) is 34.9. The minimum absolute atomic E-state index is 0.200. The van der Waals surface area contributed by atoms with Crippen LogP contribution >= 0.6 is 23.2 Å². The molecule has 48 heavy (non-hydrogen) atoms. The molecule has 0 spiro atoms. The first kappa shape index (κ1) is 35.1. The molecule has 0 radical (unpaired) electrons. The van der Waals surface area contributed by atoms with Crippen molar-refractivity contribution < 1.29 is 19.0 Å². The van der Waals surface area contributed by atoms with Gasteiger partial charge in [-0.1, -0.05) is 36.7 Å². The molecule has 2 atom stereocenters. The number of fused-ring (bicyclic) bond motifs is 1. The number of nitrogens with one attached hydrogen (secondary N) is 1. The zero-order valence-electron chi connectivity index (χ0n) is 28.3. The van der Waals surface area contributed by atoms with Crippen LogP contribution in [0, 0.1) is 0 Å². The highest BCUT2D eigenvalue weighted by molar-refractivity contribution is 6.41. The number of amides is 1. The first-order valence-electron chi connectivity index (χ1n) is 15.8. The summed E-state index contributed by atoms with van der Waals surface area (Å²) < 4.78 is 18.5. The number of halogens is 2. The second-order valence-corrected chi connectivity index (χ2v) is 12.5. The van der Waals surface area contributed by atoms with Crippen molar-refractivity contribution >= 4 is 51.4 Å². The lowest BCUT2D eigenvalue weighted by molar-refractivity contribution is -0.111. The van der Waals surface area contributed by atoms with E-state index < -0.39 is 0 Å². The molecule has 1 aliphatic rings. The zero-order valence-corrected chi connectivity index (χ0v) is 29.8. The lowest BCUT2D eigenvalue weighted by Gasteiger charge is -2.45. The van der Waals surface area contributed by atoms with Gasteiger partial charge in [0.15, 0.2) is 0 Å². The smallest absolute Gasteiger partial charge is 0.259 e. The molecule has 4 aromatic rings. The lowest BCUT2D eigenvalue weighted by atomic mass is 10.0. The monoisotopic (exact) mass is 693 g/mol. The molecule has 2 aromatic heterocycles. The topological polar surface area (TPSA) is 98.2 Å². The van der Waals surface area contributed by atoms with E-state index in [-0.39, 0.29) is 27.1 Å². The fourth-order valence-electron chi connectivity index (χ4n) is 6.70. The van der Waals surface area contributed by atoms with Crippen LogP contribution in [0.15, 0.2) is 54.0 Å². The number of carbonyl (C=O) groups is 1. The summed E-state index contributed by atoms with van der Waals surface area (Å²) in [5.74, 6) is 0.909. The van der Waals surface area contributed by atoms with Gasteiger partial charge < -0.3 is 29.0 Å². The van der Waals surface area contributed by atoms with Crippen molar-refractivity contribution in [2.75, 3.05) is 51.2 Å². The van der Waals surface area contributed by atoms with Crippen LogP contribution in [0.3, 0.4) is 0 Å². The van der Waals surface area contributed by atoms with E-state index in [0.29, 0.717) is 69.3 Å². The third-order valence-corrected chi connectivity index (χ3v) is 9.73. The van der Waals surface area contributed by atoms with E-state index in [4.69, 9.17) is 42.4 Å². The van der Waals surface area contributed by atoms with Gasteiger partial charge >= 0.3 is 0 Å².